The van der Waals surface area contributed by atoms with Crippen LogP contribution in [0.2, 0.25) is 0 Å². The van der Waals surface area contributed by atoms with Gasteiger partial charge in [-0.25, -0.2) is 0 Å². The van der Waals surface area contributed by atoms with Crippen LogP contribution in [0, 0.1) is 0 Å². The Hall–Kier alpha value is -0.120. The molecule has 3 atom stereocenters. The SMILES string of the molecule is C[C@@H]1OC(O)CC[C@H]1O. The average Bonchev–Trinajstić information content (AvgIpc) is 1.80. The van der Waals surface area contributed by atoms with Gasteiger partial charge in [-0.2, -0.15) is 0 Å². The smallest absolute Gasteiger partial charge is 0.155 e. The number of hydrogen-bond donors (Lipinski definition) is 2. The van der Waals surface area contributed by atoms with Gasteiger partial charge < -0.3 is 14.9 Å². The van der Waals surface area contributed by atoms with Crippen LogP contribution < -0.4 is 0 Å². The van der Waals surface area contributed by atoms with Crippen LogP contribution in [-0.4, -0.2) is 28.7 Å². The van der Waals surface area contributed by atoms with E-state index in [1.165, 1.54) is 0 Å². The molecule has 3 heteroatoms. The standard InChI is InChI=1S/C6H12O3/c1-4-5(7)2-3-6(8)9-4/h4-8H,2-3H2,1H3/t4-,5+,6?/m0/s1. The monoisotopic (exact) mass is 132 g/mol. The van der Waals surface area contributed by atoms with Crippen molar-refractivity contribution in [2.45, 2.75) is 38.3 Å². The van der Waals surface area contributed by atoms with Crippen LogP contribution in [0.15, 0.2) is 0 Å². The van der Waals surface area contributed by atoms with E-state index in [0.717, 1.165) is 0 Å². The molecule has 0 aliphatic carbocycles. The summed E-state index contributed by atoms with van der Waals surface area (Å²) < 4.78 is 4.90. The van der Waals surface area contributed by atoms with Gasteiger partial charge in [0.25, 0.3) is 0 Å². The Morgan fingerprint density at radius 3 is 2.44 bits per heavy atom. The largest absolute Gasteiger partial charge is 0.390 e. The first-order chi connectivity index (χ1) is 4.20. The number of aliphatic hydroxyl groups is 2. The highest BCUT2D eigenvalue weighted by atomic mass is 16.6. The molecule has 1 aliphatic heterocycles. The second-order valence-corrected chi connectivity index (χ2v) is 2.44. The summed E-state index contributed by atoms with van der Waals surface area (Å²) in [5.41, 5.74) is 0. The molecule has 0 aromatic heterocycles. The van der Waals surface area contributed by atoms with Crippen LogP contribution in [0.3, 0.4) is 0 Å². The molecule has 1 aliphatic rings. The lowest BCUT2D eigenvalue weighted by atomic mass is 10.1. The first kappa shape index (κ1) is 6.99. The van der Waals surface area contributed by atoms with Crippen molar-refractivity contribution in [2.24, 2.45) is 0 Å². The van der Waals surface area contributed by atoms with E-state index in [2.05, 4.69) is 0 Å². The average molecular weight is 132 g/mol. The molecule has 9 heavy (non-hydrogen) atoms. The van der Waals surface area contributed by atoms with E-state index in [0.29, 0.717) is 12.8 Å². The summed E-state index contributed by atoms with van der Waals surface area (Å²) in [6, 6.07) is 0. The first-order valence-electron chi connectivity index (χ1n) is 3.21. The number of ether oxygens (including phenoxy) is 1. The number of rotatable bonds is 0. The predicted molar refractivity (Wildman–Crippen MR) is 31.8 cm³/mol. The molecule has 1 unspecified atom stereocenters. The fourth-order valence-corrected chi connectivity index (χ4v) is 0.955. The third kappa shape index (κ3) is 1.64. The molecule has 3 nitrogen and oxygen atoms in total. The number of hydrogen-bond acceptors (Lipinski definition) is 3. The van der Waals surface area contributed by atoms with E-state index in [-0.39, 0.29) is 6.10 Å². The Bertz CT molecular complexity index is 94.3. The summed E-state index contributed by atoms with van der Waals surface area (Å²) in [6.07, 6.45) is -0.0843. The second kappa shape index (κ2) is 2.64. The predicted octanol–water partition coefficient (Wildman–Crippen LogP) is -0.135. The van der Waals surface area contributed by atoms with Gasteiger partial charge in [0.15, 0.2) is 6.29 Å². The number of aliphatic hydroxyl groups excluding tert-OH is 2. The van der Waals surface area contributed by atoms with E-state index in [1.54, 1.807) is 6.92 Å². The van der Waals surface area contributed by atoms with Crippen molar-refractivity contribution in [1.29, 1.82) is 0 Å². The minimum atomic E-state index is -0.664. The topological polar surface area (TPSA) is 49.7 Å². The van der Waals surface area contributed by atoms with Gasteiger partial charge >= 0.3 is 0 Å². The van der Waals surface area contributed by atoms with Crippen LogP contribution in [0.4, 0.5) is 0 Å². The van der Waals surface area contributed by atoms with Gasteiger partial charge in [0.05, 0.1) is 12.2 Å². The maximum atomic E-state index is 9.06. The summed E-state index contributed by atoms with van der Waals surface area (Å²) in [5.74, 6) is 0. The molecular formula is C6H12O3. The quantitative estimate of drug-likeness (QED) is 0.482. The summed E-state index contributed by atoms with van der Waals surface area (Å²) in [4.78, 5) is 0. The minimum Gasteiger partial charge on any atom is -0.390 e. The lowest BCUT2D eigenvalue weighted by molar-refractivity contribution is -0.192. The van der Waals surface area contributed by atoms with Crippen LogP contribution >= 0.6 is 0 Å². The normalized spacial score (nSPS) is 45.0. The molecule has 2 N–H and O–H groups in total. The van der Waals surface area contributed by atoms with Crippen molar-refractivity contribution in [3.8, 4) is 0 Å². The van der Waals surface area contributed by atoms with Crippen molar-refractivity contribution >= 4 is 0 Å². The van der Waals surface area contributed by atoms with Crippen molar-refractivity contribution in [3.05, 3.63) is 0 Å². The van der Waals surface area contributed by atoms with Gasteiger partial charge in [-0.1, -0.05) is 0 Å². The van der Waals surface area contributed by atoms with Crippen molar-refractivity contribution < 1.29 is 14.9 Å². The second-order valence-electron chi connectivity index (χ2n) is 2.44. The highest BCUT2D eigenvalue weighted by Gasteiger charge is 2.24. The molecular weight excluding hydrogens is 120 g/mol. The summed E-state index contributed by atoms with van der Waals surface area (Å²) in [5, 5.41) is 17.9. The van der Waals surface area contributed by atoms with E-state index in [4.69, 9.17) is 14.9 Å². The molecule has 54 valence electrons. The van der Waals surface area contributed by atoms with Crippen molar-refractivity contribution in [3.63, 3.8) is 0 Å². The molecule has 0 aromatic rings. The zero-order valence-electron chi connectivity index (χ0n) is 5.45. The fourth-order valence-electron chi connectivity index (χ4n) is 0.955. The molecule has 1 fully saturated rings. The molecule has 1 heterocycles. The van der Waals surface area contributed by atoms with Crippen LogP contribution in [0.25, 0.3) is 0 Å². The summed E-state index contributed by atoms with van der Waals surface area (Å²) >= 11 is 0. The molecule has 0 radical (unpaired) electrons. The molecule has 0 saturated carbocycles. The molecule has 1 saturated heterocycles. The summed E-state index contributed by atoms with van der Waals surface area (Å²) in [6.45, 7) is 1.76. The lowest BCUT2D eigenvalue weighted by Crippen LogP contribution is -2.36. The van der Waals surface area contributed by atoms with Gasteiger partial charge in [-0.05, 0) is 13.3 Å². The van der Waals surface area contributed by atoms with Crippen LogP contribution in [0.1, 0.15) is 19.8 Å². The van der Waals surface area contributed by atoms with Gasteiger partial charge in [-0.15, -0.1) is 0 Å². The van der Waals surface area contributed by atoms with Gasteiger partial charge in [0.2, 0.25) is 0 Å². The maximum Gasteiger partial charge on any atom is 0.155 e. The Kier molecular flexibility index (Phi) is 2.05. The van der Waals surface area contributed by atoms with Gasteiger partial charge in [-0.3, -0.25) is 0 Å². The van der Waals surface area contributed by atoms with E-state index < -0.39 is 12.4 Å². The molecule has 0 amide bonds. The third-order valence-corrected chi connectivity index (χ3v) is 1.62. The highest BCUT2D eigenvalue weighted by Crippen LogP contribution is 2.16. The van der Waals surface area contributed by atoms with E-state index in [1.807, 2.05) is 0 Å². The molecule has 0 spiro atoms. The lowest BCUT2D eigenvalue weighted by Gasteiger charge is -2.28. The first-order valence-corrected chi connectivity index (χ1v) is 3.21. The van der Waals surface area contributed by atoms with Crippen molar-refractivity contribution in [1.82, 2.24) is 0 Å². The Morgan fingerprint density at radius 2 is 2.00 bits per heavy atom. The zero-order valence-corrected chi connectivity index (χ0v) is 5.45. The van der Waals surface area contributed by atoms with Crippen molar-refractivity contribution in [2.75, 3.05) is 0 Å². The molecule has 0 aromatic carbocycles. The van der Waals surface area contributed by atoms with Crippen LogP contribution in [0.5, 0.6) is 0 Å². The van der Waals surface area contributed by atoms with Gasteiger partial charge in [0, 0.05) is 6.42 Å². The Balaban J connectivity index is 2.35. The van der Waals surface area contributed by atoms with Crippen LogP contribution in [-0.2, 0) is 4.74 Å². The fraction of sp³-hybridized carbons (Fsp3) is 1.00. The Morgan fingerprint density at radius 1 is 1.33 bits per heavy atom. The highest BCUT2D eigenvalue weighted by molar-refractivity contribution is 4.69. The zero-order chi connectivity index (χ0) is 6.85. The van der Waals surface area contributed by atoms with Gasteiger partial charge in [0.1, 0.15) is 0 Å². The molecule has 1 rings (SSSR count). The maximum absolute atomic E-state index is 9.06. The van der Waals surface area contributed by atoms with E-state index >= 15 is 0 Å². The third-order valence-electron chi connectivity index (χ3n) is 1.62. The minimum absolute atomic E-state index is 0.214. The summed E-state index contributed by atoms with van der Waals surface area (Å²) in [7, 11) is 0. The molecule has 0 bridgehead atoms. The van der Waals surface area contributed by atoms with E-state index in [9.17, 15) is 0 Å². The Labute approximate surface area is 54.3 Å².